The van der Waals surface area contributed by atoms with Gasteiger partial charge in [-0.2, -0.15) is 0 Å². The number of hydrogen-bond donors (Lipinski definition) is 4. The SMILES string of the molecule is CN=C(NCc1cccc(C(=O)NCc2ccco2)c1)NCC1(CCO)CCOC1. The number of ether oxygens (including phenoxy) is 1. The fourth-order valence-corrected chi connectivity index (χ4v) is 3.49. The minimum Gasteiger partial charge on any atom is -0.467 e. The van der Waals surface area contributed by atoms with Gasteiger partial charge in [0, 0.05) is 44.3 Å². The molecule has 0 bridgehead atoms. The maximum absolute atomic E-state index is 12.4. The molecule has 1 aliphatic heterocycles. The highest BCUT2D eigenvalue weighted by molar-refractivity contribution is 5.94. The molecule has 0 saturated carbocycles. The number of furan rings is 1. The van der Waals surface area contributed by atoms with Gasteiger partial charge in [0.05, 0.1) is 19.4 Å². The lowest BCUT2D eigenvalue weighted by Crippen LogP contribution is -2.44. The van der Waals surface area contributed by atoms with Crippen LogP contribution in [0.4, 0.5) is 0 Å². The van der Waals surface area contributed by atoms with E-state index in [0.29, 0.717) is 49.9 Å². The zero-order valence-electron chi connectivity index (χ0n) is 17.3. The Morgan fingerprint density at radius 1 is 1.20 bits per heavy atom. The number of aliphatic hydroxyl groups excluding tert-OH is 1. The lowest BCUT2D eigenvalue weighted by Gasteiger charge is -2.27. The number of carbonyl (C=O) groups excluding carboxylic acids is 1. The summed E-state index contributed by atoms with van der Waals surface area (Å²) in [5, 5.41) is 18.8. The summed E-state index contributed by atoms with van der Waals surface area (Å²) < 4.78 is 10.8. The molecule has 30 heavy (non-hydrogen) atoms. The first-order chi connectivity index (χ1) is 14.6. The quantitative estimate of drug-likeness (QED) is 0.367. The van der Waals surface area contributed by atoms with Crippen LogP contribution in [-0.4, -0.2) is 50.4 Å². The summed E-state index contributed by atoms with van der Waals surface area (Å²) in [6.07, 6.45) is 3.21. The van der Waals surface area contributed by atoms with Crippen LogP contribution in [0.25, 0.3) is 0 Å². The average Bonchev–Trinajstić information content (AvgIpc) is 3.45. The third-order valence-electron chi connectivity index (χ3n) is 5.33. The van der Waals surface area contributed by atoms with Crippen molar-refractivity contribution >= 4 is 11.9 Å². The van der Waals surface area contributed by atoms with Crippen molar-refractivity contribution in [1.29, 1.82) is 0 Å². The normalized spacial score (nSPS) is 18.9. The number of nitrogens with zero attached hydrogens (tertiary/aromatic N) is 1. The molecule has 2 heterocycles. The minimum atomic E-state index is -0.150. The number of rotatable bonds is 9. The molecule has 3 rings (SSSR count). The molecular formula is C22H30N4O4. The van der Waals surface area contributed by atoms with E-state index in [1.165, 1.54) is 0 Å². The molecule has 1 aliphatic rings. The minimum absolute atomic E-state index is 0.0572. The van der Waals surface area contributed by atoms with E-state index in [4.69, 9.17) is 9.15 Å². The lowest BCUT2D eigenvalue weighted by molar-refractivity contribution is 0.0948. The monoisotopic (exact) mass is 414 g/mol. The molecular weight excluding hydrogens is 384 g/mol. The highest BCUT2D eigenvalue weighted by Crippen LogP contribution is 2.31. The van der Waals surface area contributed by atoms with E-state index < -0.39 is 0 Å². The summed E-state index contributed by atoms with van der Waals surface area (Å²) in [6, 6.07) is 11.1. The smallest absolute Gasteiger partial charge is 0.251 e. The van der Waals surface area contributed by atoms with Crippen molar-refractivity contribution in [2.75, 3.05) is 33.4 Å². The molecule has 1 saturated heterocycles. The molecule has 1 unspecified atom stereocenters. The molecule has 1 aromatic heterocycles. The van der Waals surface area contributed by atoms with Crippen LogP contribution in [0.3, 0.4) is 0 Å². The van der Waals surface area contributed by atoms with Crippen molar-refractivity contribution in [3.05, 3.63) is 59.5 Å². The van der Waals surface area contributed by atoms with Crippen LogP contribution in [0, 0.1) is 5.41 Å². The fraction of sp³-hybridized carbons (Fsp3) is 0.455. The van der Waals surface area contributed by atoms with Crippen LogP contribution in [-0.2, 0) is 17.8 Å². The number of aliphatic imine (C=N–C) groups is 1. The Kier molecular flexibility index (Phi) is 7.87. The van der Waals surface area contributed by atoms with Gasteiger partial charge in [0.2, 0.25) is 0 Å². The van der Waals surface area contributed by atoms with Gasteiger partial charge in [-0.3, -0.25) is 9.79 Å². The number of benzene rings is 1. The molecule has 2 aromatic rings. The lowest BCUT2D eigenvalue weighted by atomic mass is 9.84. The van der Waals surface area contributed by atoms with Gasteiger partial charge in [0.25, 0.3) is 5.91 Å². The Bertz CT molecular complexity index is 829. The molecule has 1 atom stereocenters. The highest BCUT2D eigenvalue weighted by atomic mass is 16.5. The third-order valence-corrected chi connectivity index (χ3v) is 5.33. The van der Waals surface area contributed by atoms with Crippen molar-refractivity contribution in [3.63, 3.8) is 0 Å². The fourth-order valence-electron chi connectivity index (χ4n) is 3.49. The van der Waals surface area contributed by atoms with E-state index in [1.807, 2.05) is 24.3 Å². The number of guanidine groups is 1. The summed E-state index contributed by atoms with van der Waals surface area (Å²) >= 11 is 0. The predicted octanol–water partition coefficient (Wildman–Crippen LogP) is 1.66. The highest BCUT2D eigenvalue weighted by Gasteiger charge is 2.34. The van der Waals surface area contributed by atoms with Gasteiger partial charge in [-0.25, -0.2) is 0 Å². The molecule has 0 aliphatic carbocycles. The number of aliphatic hydroxyl groups is 1. The Balaban J connectivity index is 1.50. The number of hydrogen-bond acceptors (Lipinski definition) is 5. The van der Waals surface area contributed by atoms with Crippen LogP contribution < -0.4 is 16.0 Å². The Morgan fingerprint density at radius 2 is 2.10 bits per heavy atom. The standard InChI is InChI=1S/C22H30N4O4/c1-23-21(26-15-22(7-9-27)8-11-29-16-22)25-13-17-4-2-5-18(12-17)20(28)24-14-19-6-3-10-30-19/h2-6,10,12,27H,7-9,11,13-16H2,1H3,(H,24,28)(H2,23,25,26). The van der Waals surface area contributed by atoms with Gasteiger partial charge in [0.1, 0.15) is 5.76 Å². The number of amides is 1. The van der Waals surface area contributed by atoms with Crippen LogP contribution >= 0.6 is 0 Å². The molecule has 0 radical (unpaired) electrons. The van der Waals surface area contributed by atoms with Gasteiger partial charge >= 0.3 is 0 Å². The van der Waals surface area contributed by atoms with E-state index in [0.717, 1.165) is 18.6 Å². The second-order valence-corrected chi connectivity index (χ2v) is 7.52. The van der Waals surface area contributed by atoms with Crippen molar-refractivity contribution in [1.82, 2.24) is 16.0 Å². The second-order valence-electron chi connectivity index (χ2n) is 7.52. The van der Waals surface area contributed by atoms with Gasteiger partial charge in [0.15, 0.2) is 5.96 Å². The molecule has 1 fully saturated rings. The Hall–Kier alpha value is -2.84. The first kappa shape index (κ1) is 21.9. The van der Waals surface area contributed by atoms with Crippen molar-refractivity contribution < 1.29 is 19.1 Å². The number of nitrogens with one attached hydrogen (secondary N) is 3. The van der Waals surface area contributed by atoms with Gasteiger partial charge < -0.3 is 30.2 Å². The first-order valence-electron chi connectivity index (χ1n) is 10.2. The summed E-state index contributed by atoms with van der Waals surface area (Å²) in [4.78, 5) is 16.7. The second kappa shape index (κ2) is 10.8. The molecule has 8 heteroatoms. The number of carbonyl (C=O) groups is 1. The predicted molar refractivity (Wildman–Crippen MR) is 114 cm³/mol. The first-order valence-corrected chi connectivity index (χ1v) is 10.2. The molecule has 0 spiro atoms. The maximum Gasteiger partial charge on any atom is 0.251 e. The zero-order chi connectivity index (χ0) is 21.2. The van der Waals surface area contributed by atoms with Crippen molar-refractivity contribution in [2.24, 2.45) is 10.4 Å². The summed E-state index contributed by atoms with van der Waals surface area (Å²) in [5.74, 6) is 1.23. The van der Waals surface area contributed by atoms with E-state index in [-0.39, 0.29) is 17.9 Å². The largest absolute Gasteiger partial charge is 0.467 e. The summed E-state index contributed by atoms with van der Waals surface area (Å²) in [5.41, 5.74) is 1.50. The topological polar surface area (TPSA) is 108 Å². The van der Waals surface area contributed by atoms with Crippen LogP contribution in [0.2, 0.25) is 0 Å². The molecule has 8 nitrogen and oxygen atoms in total. The van der Waals surface area contributed by atoms with Crippen LogP contribution in [0.5, 0.6) is 0 Å². The van der Waals surface area contributed by atoms with Crippen molar-refractivity contribution in [3.8, 4) is 0 Å². The van der Waals surface area contributed by atoms with E-state index in [9.17, 15) is 9.90 Å². The molecule has 4 N–H and O–H groups in total. The zero-order valence-corrected chi connectivity index (χ0v) is 17.3. The summed E-state index contributed by atoms with van der Waals surface area (Å²) in [7, 11) is 1.72. The molecule has 162 valence electrons. The molecule has 1 aromatic carbocycles. The Morgan fingerprint density at radius 3 is 2.80 bits per heavy atom. The average molecular weight is 415 g/mol. The van der Waals surface area contributed by atoms with Crippen LogP contribution in [0.1, 0.15) is 34.5 Å². The van der Waals surface area contributed by atoms with Crippen molar-refractivity contribution in [2.45, 2.75) is 25.9 Å². The third kappa shape index (κ3) is 6.08. The van der Waals surface area contributed by atoms with E-state index in [1.54, 1.807) is 25.4 Å². The Labute approximate surface area is 176 Å². The molecule has 1 amide bonds. The van der Waals surface area contributed by atoms with Gasteiger partial charge in [-0.05, 0) is 42.7 Å². The van der Waals surface area contributed by atoms with E-state index in [2.05, 4.69) is 20.9 Å². The van der Waals surface area contributed by atoms with Gasteiger partial charge in [-0.15, -0.1) is 0 Å². The van der Waals surface area contributed by atoms with E-state index >= 15 is 0 Å². The van der Waals surface area contributed by atoms with Gasteiger partial charge in [-0.1, -0.05) is 12.1 Å². The van der Waals surface area contributed by atoms with Crippen LogP contribution in [0.15, 0.2) is 52.1 Å². The maximum atomic E-state index is 12.4. The summed E-state index contributed by atoms with van der Waals surface area (Å²) in [6.45, 7) is 3.08.